The maximum absolute atomic E-state index is 14.1. The van der Waals surface area contributed by atoms with Gasteiger partial charge < -0.3 is 5.73 Å². The van der Waals surface area contributed by atoms with Crippen LogP contribution in [0.1, 0.15) is 17.5 Å². The third-order valence-electron chi connectivity index (χ3n) is 4.99. The summed E-state index contributed by atoms with van der Waals surface area (Å²) in [4.78, 5) is 19.8. The normalized spacial score (nSPS) is 20.2. The van der Waals surface area contributed by atoms with Gasteiger partial charge in [-0.05, 0) is 53.8 Å². The Bertz CT molecular complexity index is 897. The molecule has 29 heavy (non-hydrogen) atoms. The predicted octanol–water partition coefficient (Wildman–Crippen LogP) is 3.10. The van der Waals surface area contributed by atoms with Crippen LogP contribution in [0.3, 0.4) is 0 Å². The van der Waals surface area contributed by atoms with Gasteiger partial charge in [0.25, 0.3) is 0 Å². The van der Waals surface area contributed by atoms with Crippen LogP contribution in [0.2, 0.25) is 0 Å². The number of carbonyl (C=O) groups is 1. The first-order valence-corrected chi connectivity index (χ1v) is 9.06. The monoisotopic (exact) mass is 402 g/mol. The van der Waals surface area contributed by atoms with Crippen LogP contribution in [0.4, 0.5) is 13.2 Å². The van der Waals surface area contributed by atoms with E-state index >= 15 is 0 Å². The average Bonchev–Trinajstić information content (AvgIpc) is 2.69. The van der Waals surface area contributed by atoms with Gasteiger partial charge >= 0.3 is 6.18 Å². The number of alkyl halides is 3. The number of nitrogens with one attached hydrogen (secondary N) is 1. The van der Waals surface area contributed by atoms with Crippen LogP contribution in [0, 0.1) is 5.41 Å². The Hall–Kier alpha value is -3.00. The van der Waals surface area contributed by atoms with Crippen molar-refractivity contribution in [3.8, 4) is 0 Å². The molecule has 8 heteroatoms. The van der Waals surface area contributed by atoms with Crippen molar-refractivity contribution in [2.45, 2.75) is 31.6 Å². The minimum Gasteiger partial charge on any atom is -0.368 e. The van der Waals surface area contributed by atoms with E-state index in [1.807, 2.05) is 0 Å². The smallest absolute Gasteiger partial charge is 0.368 e. The highest BCUT2D eigenvalue weighted by molar-refractivity contribution is 5.83. The molecule has 2 aromatic rings. The molecule has 152 valence electrons. The molecule has 0 saturated heterocycles. The molecule has 2 atom stereocenters. The van der Waals surface area contributed by atoms with Gasteiger partial charge in [0.05, 0.1) is 5.41 Å². The number of aromatic nitrogens is 2. The molecule has 0 spiro atoms. The molecule has 3 N–H and O–H groups in total. The van der Waals surface area contributed by atoms with Gasteiger partial charge in [0.15, 0.2) is 0 Å². The molecule has 2 aromatic heterocycles. The number of carbonyl (C=O) groups excluding carboxylic acids is 1. The molecule has 0 saturated carbocycles. The summed E-state index contributed by atoms with van der Waals surface area (Å²) < 4.78 is 42.4. The zero-order valence-electron chi connectivity index (χ0n) is 15.6. The fourth-order valence-corrected chi connectivity index (χ4v) is 3.45. The summed E-state index contributed by atoms with van der Waals surface area (Å²) in [6.07, 6.45) is 5.08. The van der Waals surface area contributed by atoms with Gasteiger partial charge in [0.2, 0.25) is 5.91 Å². The maximum Gasteiger partial charge on any atom is 0.398 e. The number of rotatable bonds is 7. The predicted molar refractivity (Wildman–Crippen MR) is 102 cm³/mol. The van der Waals surface area contributed by atoms with E-state index in [0.717, 1.165) is 11.6 Å². The number of allylic oxidation sites excluding steroid dienone is 3. The van der Waals surface area contributed by atoms with Crippen LogP contribution >= 0.6 is 0 Å². The van der Waals surface area contributed by atoms with Gasteiger partial charge in [0.1, 0.15) is 6.04 Å². The van der Waals surface area contributed by atoms with Gasteiger partial charge in [-0.25, -0.2) is 0 Å². The van der Waals surface area contributed by atoms with E-state index in [1.54, 1.807) is 36.7 Å². The van der Waals surface area contributed by atoms with Gasteiger partial charge in [-0.2, -0.15) is 13.2 Å². The molecule has 0 fully saturated rings. The lowest BCUT2D eigenvalue weighted by Crippen LogP contribution is -2.47. The fraction of sp³-hybridized carbons (Fsp3) is 0.286. The summed E-state index contributed by atoms with van der Waals surface area (Å²) >= 11 is 0. The molecule has 3 rings (SSSR count). The molecular weight excluding hydrogens is 381 g/mol. The highest BCUT2D eigenvalue weighted by Crippen LogP contribution is 2.48. The lowest BCUT2D eigenvalue weighted by Gasteiger charge is -2.37. The van der Waals surface area contributed by atoms with Crippen LogP contribution in [-0.2, 0) is 17.8 Å². The topological polar surface area (TPSA) is 80.9 Å². The number of pyridine rings is 2. The molecule has 5 nitrogen and oxygen atoms in total. The van der Waals surface area contributed by atoms with Crippen LogP contribution in [0.15, 0.2) is 72.9 Å². The number of hydrogen-bond acceptors (Lipinski definition) is 4. The molecule has 2 unspecified atom stereocenters. The highest BCUT2D eigenvalue weighted by atomic mass is 19.4. The van der Waals surface area contributed by atoms with E-state index in [4.69, 9.17) is 5.73 Å². The van der Waals surface area contributed by atoms with E-state index in [1.165, 1.54) is 24.5 Å². The van der Waals surface area contributed by atoms with E-state index < -0.39 is 23.5 Å². The third kappa shape index (κ3) is 4.89. The van der Waals surface area contributed by atoms with Crippen molar-refractivity contribution < 1.29 is 18.0 Å². The number of nitrogens with zero attached hydrogens (tertiary/aromatic N) is 2. The molecule has 0 radical (unpaired) electrons. The molecular formula is C21H21F3N4O. The summed E-state index contributed by atoms with van der Waals surface area (Å²) in [6.45, 7) is 0.278. The summed E-state index contributed by atoms with van der Waals surface area (Å²) in [6, 6.07) is 5.62. The van der Waals surface area contributed by atoms with E-state index in [2.05, 4.69) is 15.3 Å². The first kappa shape index (κ1) is 20.7. The Morgan fingerprint density at radius 3 is 2.24 bits per heavy atom. The van der Waals surface area contributed by atoms with Gasteiger partial charge in [-0.15, -0.1) is 0 Å². The highest BCUT2D eigenvalue weighted by Gasteiger charge is 2.54. The van der Waals surface area contributed by atoms with Crippen LogP contribution < -0.4 is 11.1 Å². The Balaban J connectivity index is 1.84. The quantitative estimate of drug-likeness (QED) is 0.746. The van der Waals surface area contributed by atoms with Crippen molar-refractivity contribution in [1.29, 1.82) is 0 Å². The minimum absolute atomic E-state index is 0.247. The van der Waals surface area contributed by atoms with Crippen molar-refractivity contribution in [2.24, 2.45) is 11.1 Å². The lowest BCUT2D eigenvalue weighted by atomic mass is 9.72. The second kappa shape index (κ2) is 8.57. The standard InChI is InChI=1S/C21H21F3N4O/c22-21(23,24)20(12-15-3-8-26-9-4-15)7-1-2-17(13-20)18(19(25)29)28-14-16-5-10-27-11-6-16/h1-11,18,28H,12-14H2,(H2,25,29). The summed E-state index contributed by atoms with van der Waals surface area (Å²) in [5.41, 5.74) is 5.06. The van der Waals surface area contributed by atoms with Crippen LogP contribution in [0.25, 0.3) is 0 Å². The first-order chi connectivity index (χ1) is 13.8. The Morgan fingerprint density at radius 2 is 1.69 bits per heavy atom. The fourth-order valence-electron chi connectivity index (χ4n) is 3.45. The van der Waals surface area contributed by atoms with E-state index in [9.17, 15) is 18.0 Å². The van der Waals surface area contributed by atoms with Gasteiger partial charge in [-0.3, -0.25) is 20.1 Å². The number of hydrogen-bond donors (Lipinski definition) is 2. The molecule has 0 aliphatic heterocycles. The SMILES string of the molecule is NC(=O)C(NCc1ccncc1)C1=CC=CC(Cc2ccncc2)(C(F)(F)F)C1. The summed E-state index contributed by atoms with van der Waals surface area (Å²) in [5.74, 6) is -0.722. The van der Waals surface area contributed by atoms with E-state index in [0.29, 0.717) is 11.1 Å². The number of nitrogens with two attached hydrogens (primary N) is 1. The van der Waals surface area contributed by atoms with E-state index in [-0.39, 0.29) is 19.4 Å². The Morgan fingerprint density at radius 1 is 1.10 bits per heavy atom. The first-order valence-electron chi connectivity index (χ1n) is 9.06. The number of primary amides is 1. The van der Waals surface area contributed by atoms with Crippen molar-refractivity contribution in [3.05, 3.63) is 84.0 Å². The van der Waals surface area contributed by atoms with Crippen molar-refractivity contribution in [1.82, 2.24) is 15.3 Å². The molecule has 1 aliphatic rings. The van der Waals surface area contributed by atoms with Crippen molar-refractivity contribution in [2.75, 3.05) is 0 Å². The van der Waals surface area contributed by atoms with Crippen LogP contribution in [0.5, 0.6) is 0 Å². The largest absolute Gasteiger partial charge is 0.398 e. The second-order valence-corrected chi connectivity index (χ2v) is 7.04. The molecule has 1 aliphatic carbocycles. The number of halogens is 3. The van der Waals surface area contributed by atoms with Crippen molar-refractivity contribution in [3.63, 3.8) is 0 Å². The molecule has 1 amide bonds. The molecule has 0 aromatic carbocycles. The molecule has 0 bridgehead atoms. The summed E-state index contributed by atoms with van der Waals surface area (Å²) in [5, 5.41) is 2.98. The van der Waals surface area contributed by atoms with Gasteiger partial charge in [0, 0.05) is 31.3 Å². The van der Waals surface area contributed by atoms with Gasteiger partial charge in [-0.1, -0.05) is 18.2 Å². The molecule has 2 heterocycles. The summed E-state index contributed by atoms with van der Waals surface area (Å²) in [7, 11) is 0. The Labute approximate surface area is 166 Å². The zero-order chi connectivity index (χ0) is 20.9. The second-order valence-electron chi connectivity index (χ2n) is 7.04. The number of amides is 1. The Kier molecular flexibility index (Phi) is 6.12. The average molecular weight is 402 g/mol. The maximum atomic E-state index is 14.1. The van der Waals surface area contributed by atoms with Crippen LogP contribution in [-0.4, -0.2) is 28.1 Å². The lowest BCUT2D eigenvalue weighted by molar-refractivity contribution is -0.206. The van der Waals surface area contributed by atoms with Crippen molar-refractivity contribution >= 4 is 5.91 Å². The zero-order valence-corrected chi connectivity index (χ0v) is 15.6. The minimum atomic E-state index is -4.50. The third-order valence-corrected chi connectivity index (χ3v) is 4.99.